The summed E-state index contributed by atoms with van der Waals surface area (Å²) in [5, 5.41) is 5.83. The van der Waals surface area contributed by atoms with E-state index in [0.717, 1.165) is 6.26 Å². The van der Waals surface area contributed by atoms with Crippen molar-refractivity contribution >= 4 is 15.9 Å². The average molecular weight is 265 g/mol. The van der Waals surface area contributed by atoms with E-state index in [1.807, 2.05) is 20.8 Å². The maximum atomic E-state index is 11.3. The molecule has 6 nitrogen and oxygen atoms in total. The Balaban J connectivity index is 3.55. The Hall–Kier alpha value is -0.660. The van der Waals surface area contributed by atoms with Gasteiger partial charge >= 0.3 is 0 Å². The fourth-order valence-electron chi connectivity index (χ4n) is 1.08. The van der Waals surface area contributed by atoms with Crippen LogP contribution in [0.25, 0.3) is 0 Å². The fourth-order valence-corrected chi connectivity index (χ4v) is 1.55. The summed E-state index contributed by atoms with van der Waals surface area (Å²) in [6.07, 6.45) is 1.47. The van der Waals surface area contributed by atoms with Crippen LogP contribution < -0.4 is 15.4 Å². The third kappa shape index (κ3) is 13.3. The van der Waals surface area contributed by atoms with Gasteiger partial charge in [0.25, 0.3) is 0 Å². The van der Waals surface area contributed by atoms with Crippen LogP contribution in [0, 0.1) is 0 Å². The van der Waals surface area contributed by atoms with Crippen molar-refractivity contribution in [3.63, 3.8) is 0 Å². The third-order valence-electron chi connectivity index (χ3n) is 1.82. The van der Waals surface area contributed by atoms with Crippen LogP contribution in [-0.2, 0) is 14.8 Å². The fraction of sp³-hybridized carbons (Fsp3) is 0.900. The van der Waals surface area contributed by atoms with Gasteiger partial charge in [0.05, 0.1) is 6.26 Å². The molecule has 0 aromatic heterocycles. The molecule has 0 bridgehead atoms. The van der Waals surface area contributed by atoms with E-state index < -0.39 is 10.0 Å². The summed E-state index contributed by atoms with van der Waals surface area (Å²) < 4.78 is 23.7. The molecule has 0 aliphatic carbocycles. The van der Waals surface area contributed by atoms with Gasteiger partial charge in [0.1, 0.15) is 0 Å². The van der Waals surface area contributed by atoms with Gasteiger partial charge in [-0.1, -0.05) is 0 Å². The molecule has 0 radical (unpaired) electrons. The highest BCUT2D eigenvalue weighted by atomic mass is 32.2. The second-order valence-corrected chi connectivity index (χ2v) is 6.78. The molecule has 0 unspecified atom stereocenters. The summed E-state index contributed by atoms with van der Waals surface area (Å²) in [5.74, 6) is -0.0861. The minimum absolute atomic E-state index is 0.00186. The molecular weight excluding hydrogens is 242 g/mol. The highest BCUT2D eigenvalue weighted by Crippen LogP contribution is 1.97. The van der Waals surface area contributed by atoms with Gasteiger partial charge in [-0.3, -0.25) is 4.79 Å². The number of nitrogens with one attached hydrogen (secondary N) is 3. The molecule has 3 N–H and O–H groups in total. The quantitative estimate of drug-likeness (QED) is 0.538. The highest BCUT2D eigenvalue weighted by molar-refractivity contribution is 7.88. The van der Waals surface area contributed by atoms with Crippen molar-refractivity contribution in [2.45, 2.75) is 32.7 Å². The van der Waals surface area contributed by atoms with Crippen molar-refractivity contribution in [2.75, 3.05) is 25.9 Å². The van der Waals surface area contributed by atoms with E-state index in [4.69, 9.17) is 0 Å². The number of amides is 1. The molecule has 0 heterocycles. The maximum Gasteiger partial charge on any atom is 0.221 e. The Morgan fingerprint density at radius 3 is 2.18 bits per heavy atom. The molecule has 7 heteroatoms. The Morgan fingerprint density at radius 2 is 1.71 bits per heavy atom. The van der Waals surface area contributed by atoms with Gasteiger partial charge < -0.3 is 10.6 Å². The molecule has 0 aromatic carbocycles. The minimum Gasteiger partial charge on any atom is -0.355 e. The lowest BCUT2D eigenvalue weighted by Gasteiger charge is -2.20. The van der Waals surface area contributed by atoms with Crippen molar-refractivity contribution in [2.24, 2.45) is 0 Å². The second kappa shape index (κ2) is 6.93. The van der Waals surface area contributed by atoms with Crippen LogP contribution in [0.4, 0.5) is 0 Å². The molecule has 0 aliphatic heterocycles. The van der Waals surface area contributed by atoms with Crippen LogP contribution >= 0.6 is 0 Å². The van der Waals surface area contributed by atoms with Gasteiger partial charge in [-0.05, 0) is 20.8 Å². The lowest BCUT2D eigenvalue weighted by atomic mass is 10.1. The van der Waals surface area contributed by atoms with E-state index in [0.29, 0.717) is 19.5 Å². The number of hydrogen-bond donors (Lipinski definition) is 3. The molecule has 0 saturated heterocycles. The van der Waals surface area contributed by atoms with Crippen LogP contribution in [-0.4, -0.2) is 45.8 Å². The van der Waals surface area contributed by atoms with E-state index in [1.165, 1.54) is 0 Å². The van der Waals surface area contributed by atoms with Crippen LogP contribution in [0.3, 0.4) is 0 Å². The Kier molecular flexibility index (Phi) is 6.66. The smallest absolute Gasteiger partial charge is 0.221 e. The SMILES string of the molecule is CC(C)(C)NCCC(=O)NCCNS(C)(=O)=O. The molecule has 0 aromatic rings. The van der Waals surface area contributed by atoms with E-state index in [1.54, 1.807) is 0 Å². The Bertz CT molecular complexity index is 333. The Labute approximate surface area is 104 Å². The first kappa shape index (κ1) is 16.3. The summed E-state index contributed by atoms with van der Waals surface area (Å²) in [5.41, 5.74) is -0.00186. The zero-order valence-electron chi connectivity index (χ0n) is 11.0. The lowest BCUT2D eigenvalue weighted by Crippen LogP contribution is -2.39. The summed E-state index contributed by atoms with van der Waals surface area (Å²) >= 11 is 0. The van der Waals surface area contributed by atoms with Gasteiger partial charge in [0, 0.05) is 31.6 Å². The van der Waals surface area contributed by atoms with Crippen LogP contribution in [0.1, 0.15) is 27.2 Å². The van der Waals surface area contributed by atoms with Crippen LogP contribution in [0.5, 0.6) is 0 Å². The molecule has 0 saturated carbocycles. The van der Waals surface area contributed by atoms with Gasteiger partial charge in [-0.2, -0.15) is 0 Å². The standard InChI is InChI=1S/C10H23N3O3S/c1-10(2,3)12-6-5-9(14)11-7-8-13-17(4,15)16/h12-13H,5-8H2,1-4H3,(H,11,14). The molecule has 1 amide bonds. The number of carbonyl (C=O) groups is 1. The summed E-state index contributed by atoms with van der Waals surface area (Å²) in [6, 6.07) is 0. The maximum absolute atomic E-state index is 11.3. The molecule has 0 fully saturated rings. The monoisotopic (exact) mass is 265 g/mol. The number of hydrogen-bond acceptors (Lipinski definition) is 4. The highest BCUT2D eigenvalue weighted by Gasteiger charge is 2.09. The van der Waals surface area contributed by atoms with E-state index in [9.17, 15) is 13.2 Å². The molecule has 102 valence electrons. The molecule has 17 heavy (non-hydrogen) atoms. The number of carbonyl (C=O) groups excluding carboxylic acids is 1. The lowest BCUT2D eigenvalue weighted by molar-refractivity contribution is -0.120. The molecule has 0 atom stereocenters. The topological polar surface area (TPSA) is 87.3 Å². The van der Waals surface area contributed by atoms with Crippen LogP contribution in [0.15, 0.2) is 0 Å². The van der Waals surface area contributed by atoms with E-state index in [2.05, 4.69) is 15.4 Å². The number of rotatable bonds is 7. The minimum atomic E-state index is -3.17. The molecule has 0 rings (SSSR count). The first-order valence-corrected chi connectivity index (χ1v) is 7.46. The first-order valence-electron chi connectivity index (χ1n) is 5.56. The van der Waals surface area contributed by atoms with Crippen molar-refractivity contribution in [1.82, 2.24) is 15.4 Å². The predicted octanol–water partition coefficient (Wildman–Crippen LogP) is -0.570. The third-order valence-corrected chi connectivity index (χ3v) is 2.55. The van der Waals surface area contributed by atoms with E-state index >= 15 is 0 Å². The van der Waals surface area contributed by atoms with Gasteiger partial charge in [0.15, 0.2) is 0 Å². The zero-order chi connectivity index (χ0) is 13.5. The largest absolute Gasteiger partial charge is 0.355 e. The molecule has 0 aliphatic rings. The van der Waals surface area contributed by atoms with Gasteiger partial charge in [-0.15, -0.1) is 0 Å². The number of sulfonamides is 1. The zero-order valence-corrected chi connectivity index (χ0v) is 11.8. The van der Waals surface area contributed by atoms with E-state index in [-0.39, 0.29) is 18.0 Å². The van der Waals surface area contributed by atoms with Crippen molar-refractivity contribution in [3.8, 4) is 0 Å². The van der Waals surface area contributed by atoms with Crippen molar-refractivity contribution in [1.29, 1.82) is 0 Å². The van der Waals surface area contributed by atoms with Gasteiger partial charge in [-0.25, -0.2) is 13.1 Å². The average Bonchev–Trinajstić information content (AvgIpc) is 2.09. The summed E-state index contributed by atoms with van der Waals surface area (Å²) in [6.45, 7) is 7.22. The second-order valence-electron chi connectivity index (χ2n) is 4.94. The van der Waals surface area contributed by atoms with Gasteiger partial charge in [0.2, 0.25) is 15.9 Å². The summed E-state index contributed by atoms with van der Waals surface area (Å²) in [7, 11) is -3.17. The molecular formula is C10H23N3O3S. The first-order chi connectivity index (χ1) is 7.60. The summed E-state index contributed by atoms with van der Waals surface area (Å²) in [4.78, 5) is 11.3. The Morgan fingerprint density at radius 1 is 1.12 bits per heavy atom. The molecule has 0 spiro atoms. The van der Waals surface area contributed by atoms with Crippen molar-refractivity contribution < 1.29 is 13.2 Å². The predicted molar refractivity (Wildman–Crippen MR) is 68.2 cm³/mol. The van der Waals surface area contributed by atoms with Crippen LogP contribution in [0.2, 0.25) is 0 Å². The normalized spacial score (nSPS) is 12.5. The van der Waals surface area contributed by atoms with Crippen molar-refractivity contribution in [3.05, 3.63) is 0 Å².